The number of benzene rings is 2. The summed E-state index contributed by atoms with van der Waals surface area (Å²) in [6.07, 6.45) is 2.69. The molecule has 11 heteroatoms. The Morgan fingerprint density at radius 3 is 2.24 bits per heavy atom. The summed E-state index contributed by atoms with van der Waals surface area (Å²) in [5.41, 5.74) is 1.97. The first-order valence-corrected chi connectivity index (χ1v) is 12.0. The van der Waals surface area contributed by atoms with Gasteiger partial charge in [-0.2, -0.15) is 4.98 Å². The molecule has 4 N–H and O–H groups in total. The van der Waals surface area contributed by atoms with Crippen molar-refractivity contribution in [3.63, 3.8) is 0 Å². The lowest BCUT2D eigenvalue weighted by atomic mass is 10.1. The molecule has 4 aromatic rings. The van der Waals surface area contributed by atoms with E-state index in [1.165, 1.54) is 0 Å². The van der Waals surface area contributed by atoms with E-state index < -0.39 is 12.0 Å². The summed E-state index contributed by atoms with van der Waals surface area (Å²) < 4.78 is 0. The lowest BCUT2D eigenvalue weighted by Crippen LogP contribution is -2.42. The molecule has 0 bridgehead atoms. The summed E-state index contributed by atoms with van der Waals surface area (Å²) in [5, 5.41) is 16.8. The second kappa shape index (κ2) is 12.8. The van der Waals surface area contributed by atoms with E-state index in [-0.39, 0.29) is 19.1 Å². The molecule has 194 valence electrons. The van der Waals surface area contributed by atoms with E-state index in [2.05, 4.69) is 35.9 Å². The average molecular weight is 513 g/mol. The summed E-state index contributed by atoms with van der Waals surface area (Å²) >= 11 is 0. The van der Waals surface area contributed by atoms with Crippen LogP contribution in [0.1, 0.15) is 5.56 Å². The Morgan fingerprint density at radius 2 is 1.53 bits per heavy atom. The van der Waals surface area contributed by atoms with Crippen LogP contribution in [0.2, 0.25) is 0 Å². The van der Waals surface area contributed by atoms with Crippen molar-refractivity contribution in [2.24, 2.45) is 0 Å². The maximum absolute atomic E-state index is 12.1. The van der Waals surface area contributed by atoms with Crippen LogP contribution in [-0.4, -0.2) is 63.2 Å². The van der Waals surface area contributed by atoms with Gasteiger partial charge >= 0.3 is 6.09 Å². The molecular weight excluding hydrogens is 484 g/mol. The van der Waals surface area contributed by atoms with Crippen molar-refractivity contribution in [2.45, 2.75) is 12.5 Å². The van der Waals surface area contributed by atoms with Gasteiger partial charge in [-0.15, -0.1) is 0 Å². The molecule has 0 fully saturated rings. The van der Waals surface area contributed by atoms with Crippen LogP contribution in [0.15, 0.2) is 85.2 Å². The zero-order valence-corrected chi connectivity index (χ0v) is 20.8. The van der Waals surface area contributed by atoms with Gasteiger partial charge in [0.2, 0.25) is 11.9 Å². The van der Waals surface area contributed by atoms with Crippen LogP contribution in [0.4, 0.5) is 22.4 Å². The lowest BCUT2D eigenvalue weighted by Gasteiger charge is -2.21. The monoisotopic (exact) mass is 512 g/mol. The van der Waals surface area contributed by atoms with Crippen LogP contribution >= 0.6 is 0 Å². The minimum absolute atomic E-state index is 0.241. The number of rotatable bonds is 11. The SMILES string of the molecule is CN(c1ccnc(NC(CNC(=O)CNC(=O)O)Cc2ccccc2)n1)c1ccnc(-c2ccccc2)n1. The number of hydrogen-bond donors (Lipinski definition) is 4. The molecule has 0 aliphatic rings. The maximum atomic E-state index is 12.1. The van der Waals surface area contributed by atoms with Crippen LogP contribution in [0.3, 0.4) is 0 Å². The predicted molar refractivity (Wildman–Crippen MR) is 144 cm³/mol. The van der Waals surface area contributed by atoms with Gasteiger partial charge in [0.15, 0.2) is 5.82 Å². The van der Waals surface area contributed by atoms with E-state index in [1.54, 1.807) is 24.5 Å². The number of carbonyl (C=O) groups excluding carboxylic acids is 1. The first-order valence-electron chi connectivity index (χ1n) is 12.0. The number of amides is 2. The summed E-state index contributed by atoms with van der Waals surface area (Å²) in [6.45, 7) is -0.0845. The zero-order valence-electron chi connectivity index (χ0n) is 20.8. The van der Waals surface area contributed by atoms with E-state index >= 15 is 0 Å². The topological polar surface area (TPSA) is 145 Å². The quantitative estimate of drug-likeness (QED) is 0.238. The van der Waals surface area contributed by atoms with E-state index in [0.717, 1.165) is 11.1 Å². The van der Waals surface area contributed by atoms with Crippen LogP contribution in [-0.2, 0) is 11.2 Å². The molecule has 4 rings (SSSR count). The summed E-state index contributed by atoms with van der Waals surface area (Å²) in [5.74, 6) is 1.85. The number of carbonyl (C=O) groups is 2. The van der Waals surface area contributed by atoms with E-state index in [0.29, 0.717) is 29.8 Å². The molecule has 2 aromatic carbocycles. The highest BCUT2D eigenvalue weighted by atomic mass is 16.4. The minimum atomic E-state index is -1.26. The van der Waals surface area contributed by atoms with Gasteiger partial charge in [-0.3, -0.25) is 4.79 Å². The largest absolute Gasteiger partial charge is 0.465 e. The number of anilines is 3. The minimum Gasteiger partial charge on any atom is -0.465 e. The standard InChI is InChI=1S/C27H28N8O3/c1-35(22-12-14-28-25(33-22)20-10-6-3-7-11-20)23-13-15-29-26(34-23)32-21(16-19-8-4-2-5-9-19)17-30-24(36)18-31-27(37)38/h2-15,21,31H,16-18H2,1H3,(H,30,36)(H,37,38)(H,29,32,34). The van der Waals surface area contributed by atoms with Crippen molar-refractivity contribution in [1.82, 2.24) is 30.6 Å². The molecule has 1 atom stereocenters. The third-order valence-electron chi connectivity index (χ3n) is 5.60. The van der Waals surface area contributed by atoms with Gasteiger partial charge in [-0.25, -0.2) is 19.7 Å². The van der Waals surface area contributed by atoms with Crippen molar-refractivity contribution in [1.29, 1.82) is 0 Å². The van der Waals surface area contributed by atoms with Crippen molar-refractivity contribution >= 4 is 29.6 Å². The molecule has 0 saturated heterocycles. The Morgan fingerprint density at radius 1 is 0.868 bits per heavy atom. The molecule has 1 unspecified atom stereocenters. The number of nitrogens with one attached hydrogen (secondary N) is 3. The summed E-state index contributed by atoms with van der Waals surface area (Å²) in [7, 11) is 1.86. The highest BCUT2D eigenvalue weighted by Gasteiger charge is 2.15. The zero-order chi connectivity index (χ0) is 26.7. The second-order valence-corrected chi connectivity index (χ2v) is 8.40. The molecule has 38 heavy (non-hydrogen) atoms. The van der Waals surface area contributed by atoms with E-state index in [4.69, 9.17) is 5.11 Å². The fourth-order valence-corrected chi connectivity index (χ4v) is 3.70. The highest BCUT2D eigenvalue weighted by molar-refractivity contribution is 5.81. The smallest absolute Gasteiger partial charge is 0.405 e. The second-order valence-electron chi connectivity index (χ2n) is 8.40. The van der Waals surface area contributed by atoms with Gasteiger partial charge in [0.05, 0.1) is 12.6 Å². The number of aromatic nitrogens is 4. The molecule has 0 aliphatic carbocycles. The molecule has 0 radical (unpaired) electrons. The summed E-state index contributed by atoms with van der Waals surface area (Å²) in [4.78, 5) is 42.7. The van der Waals surface area contributed by atoms with Crippen molar-refractivity contribution in [2.75, 3.05) is 30.4 Å². The fourth-order valence-electron chi connectivity index (χ4n) is 3.70. The molecule has 0 saturated carbocycles. The Bertz CT molecular complexity index is 1350. The van der Waals surface area contributed by atoms with Gasteiger partial charge in [-0.1, -0.05) is 60.7 Å². The van der Waals surface area contributed by atoms with Crippen LogP contribution in [0.5, 0.6) is 0 Å². The van der Waals surface area contributed by atoms with Crippen LogP contribution in [0, 0.1) is 0 Å². The summed E-state index contributed by atoms with van der Waals surface area (Å²) in [6, 6.07) is 22.9. The van der Waals surface area contributed by atoms with Crippen LogP contribution in [0.25, 0.3) is 11.4 Å². The number of carboxylic acid groups (broad SMARTS) is 1. The molecule has 0 spiro atoms. The molecule has 2 amide bonds. The third-order valence-corrected chi connectivity index (χ3v) is 5.60. The van der Waals surface area contributed by atoms with Crippen LogP contribution < -0.4 is 20.9 Å². The first kappa shape index (κ1) is 26.0. The van der Waals surface area contributed by atoms with Gasteiger partial charge in [0.25, 0.3) is 0 Å². The number of nitrogens with zero attached hydrogens (tertiary/aromatic N) is 5. The fraction of sp³-hybridized carbons (Fsp3) is 0.185. The molecule has 0 aliphatic heterocycles. The van der Waals surface area contributed by atoms with Crippen molar-refractivity contribution in [3.8, 4) is 11.4 Å². The van der Waals surface area contributed by atoms with Gasteiger partial charge in [-0.05, 0) is 24.1 Å². The molecule has 2 aromatic heterocycles. The van der Waals surface area contributed by atoms with E-state index in [1.807, 2.05) is 72.6 Å². The Hall–Kier alpha value is -5.06. The van der Waals surface area contributed by atoms with Crippen molar-refractivity contribution in [3.05, 3.63) is 90.8 Å². The third kappa shape index (κ3) is 7.47. The lowest BCUT2D eigenvalue weighted by molar-refractivity contribution is -0.120. The molecular formula is C27H28N8O3. The molecule has 2 heterocycles. The first-order chi connectivity index (χ1) is 18.5. The molecule has 11 nitrogen and oxygen atoms in total. The van der Waals surface area contributed by atoms with Crippen molar-refractivity contribution < 1.29 is 14.7 Å². The maximum Gasteiger partial charge on any atom is 0.405 e. The van der Waals surface area contributed by atoms with Gasteiger partial charge in [0, 0.05) is 31.5 Å². The normalized spacial score (nSPS) is 11.3. The highest BCUT2D eigenvalue weighted by Crippen LogP contribution is 2.23. The Kier molecular flexibility index (Phi) is 8.74. The number of hydrogen-bond acceptors (Lipinski definition) is 8. The van der Waals surface area contributed by atoms with Gasteiger partial charge < -0.3 is 26.0 Å². The Labute approximate surface area is 220 Å². The van der Waals surface area contributed by atoms with E-state index in [9.17, 15) is 9.59 Å². The average Bonchev–Trinajstić information content (AvgIpc) is 2.95. The van der Waals surface area contributed by atoms with Gasteiger partial charge in [0.1, 0.15) is 11.6 Å². The predicted octanol–water partition coefficient (Wildman–Crippen LogP) is 3.11. The Balaban J connectivity index is 1.49.